The first-order valence-electron chi connectivity index (χ1n) is 13.8. The second-order valence-corrected chi connectivity index (χ2v) is 11.0. The van der Waals surface area contributed by atoms with E-state index >= 15 is 0 Å². The molecule has 1 aromatic rings. The molecule has 4 rings (SSSR count). The average Bonchev–Trinajstić information content (AvgIpc) is 2.85. The third-order valence-electron chi connectivity index (χ3n) is 8.84. The molecule has 0 bridgehead atoms. The largest absolute Gasteiger partial charge is 0.356 e. The van der Waals surface area contributed by atoms with Crippen LogP contribution in [0, 0.1) is 11.3 Å². The number of rotatable bonds is 9. The van der Waals surface area contributed by atoms with Gasteiger partial charge in [-0.25, -0.2) is 0 Å². The minimum absolute atomic E-state index is 0.0389. The van der Waals surface area contributed by atoms with Gasteiger partial charge in [0.1, 0.15) is 0 Å². The molecule has 3 nitrogen and oxygen atoms in total. The number of benzene rings is 1. The highest BCUT2D eigenvalue weighted by molar-refractivity contribution is 5.84. The van der Waals surface area contributed by atoms with Gasteiger partial charge in [-0.2, -0.15) is 0 Å². The number of amides is 1. The number of nitrogens with one attached hydrogen (secondary N) is 1. The van der Waals surface area contributed by atoms with Crippen molar-refractivity contribution in [3.63, 3.8) is 0 Å². The Balaban J connectivity index is 1.14. The zero-order valence-electron chi connectivity index (χ0n) is 20.3. The number of piperidine rings is 1. The lowest BCUT2D eigenvalue weighted by molar-refractivity contribution is -0.124. The maximum absolute atomic E-state index is 13.2. The highest BCUT2D eigenvalue weighted by Gasteiger charge is 2.35. The molecule has 32 heavy (non-hydrogen) atoms. The molecule has 3 aliphatic rings. The third kappa shape index (κ3) is 6.59. The Labute approximate surface area is 196 Å². The molecule has 0 radical (unpaired) electrons. The quantitative estimate of drug-likeness (QED) is 0.436. The van der Waals surface area contributed by atoms with Gasteiger partial charge >= 0.3 is 0 Å². The Bertz CT molecular complexity index is 666. The summed E-state index contributed by atoms with van der Waals surface area (Å²) < 4.78 is 0. The zero-order chi connectivity index (χ0) is 22.1. The number of hydrogen-bond acceptors (Lipinski definition) is 2. The predicted octanol–water partition coefficient (Wildman–Crippen LogP) is 6.68. The van der Waals surface area contributed by atoms with Crippen molar-refractivity contribution in [2.45, 2.75) is 102 Å². The fourth-order valence-corrected chi connectivity index (χ4v) is 6.78. The van der Waals surface area contributed by atoms with Crippen LogP contribution >= 0.6 is 0 Å². The lowest BCUT2D eigenvalue weighted by atomic mass is 9.68. The Morgan fingerprint density at radius 3 is 2.28 bits per heavy atom. The molecule has 3 fully saturated rings. The molecule has 0 aromatic heterocycles. The van der Waals surface area contributed by atoms with Gasteiger partial charge in [-0.15, -0.1) is 0 Å². The van der Waals surface area contributed by atoms with E-state index in [4.69, 9.17) is 0 Å². The topological polar surface area (TPSA) is 32.3 Å². The molecule has 2 saturated carbocycles. The van der Waals surface area contributed by atoms with Gasteiger partial charge in [0, 0.05) is 6.54 Å². The van der Waals surface area contributed by atoms with Crippen LogP contribution in [-0.4, -0.2) is 37.0 Å². The molecule has 178 valence electrons. The molecule has 1 saturated heterocycles. The van der Waals surface area contributed by atoms with Crippen molar-refractivity contribution in [3.8, 4) is 0 Å². The highest BCUT2D eigenvalue weighted by Crippen LogP contribution is 2.44. The standard InChI is InChI=1S/C29H46N2O/c32-28(27(25-13-5-1-6-14-25)26-15-7-2-8-16-26)30-21-11-4-12-22-31-23-19-29(20-24-31)17-9-3-10-18-29/h1,5-6,13-14,26-27H,2-4,7-12,15-24H2,(H,30,32)/t27-/m0/s1. The van der Waals surface area contributed by atoms with Crippen molar-refractivity contribution in [2.75, 3.05) is 26.2 Å². The number of carbonyl (C=O) groups excluding carboxylic acids is 1. The zero-order valence-corrected chi connectivity index (χ0v) is 20.3. The van der Waals surface area contributed by atoms with Crippen LogP contribution < -0.4 is 5.32 Å². The first-order chi connectivity index (χ1) is 15.8. The summed E-state index contributed by atoms with van der Waals surface area (Å²) in [7, 11) is 0. The first kappa shape index (κ1) is 23.8. The summed E-state index contributed by atoms with van der Waals surface area (Å²) in [4.78, 5) is 15.9. The van der Waals surface area contributed by atoms with Gasteiger partial charge in [0.05, 0.1) is 5.92 Å². The minimum atomic E-state index is 0.0389. The van der Waals surface area contributed by atoms with Gasteiger partial charge in [-0.1, -0.05) is 75.3 Å². The van der Waals surface area contributed by atoms with E-state index in [-0.39, 0.29) is 11.8 Å². The Morgan fingerprint density at radius 2 is 1.56 bits per heavy atom. The summed E-state index contributed by atoms with van der Waals surface area (Å²) in [6, 6.07) is 10.5. The summed E-state index contributed by atoms with van der Waals surface area (Å²) >= 11 is 0. The van der Waals surface area contributed by atoms with E-state index in [9.17, 15) is 4.79 Å². The van der Waals surface area contributed by atoms with Crippen LogP contribution in [0.15, 0.2) is 30.3 Å². The minimum Gasteiger partial charge on any atom is -0.356 e. The maximum atomic E-state index is 13.2. The van der Waals surface area contributed by atoms with E-state index in [0.29, 0.717) is 11.3 Å². The van der Waals surface area contributed by atoms with E-state index in [2.05, 4.69) is 40.5 Å². The van der Waals surface area contributed by atoms with E-state index in [1.807, 2.05) is 0 Å². The van der Waals surface area contributed by atoms with Gasteiger partial charge in [-0.3, -0.25) is 4.79 Å². The smallest absolute Gasteiger partial charge is 0.227 e. The van der Waals surface area contributed by atoms with Crippen molar-refractivity contribution < 1.29 is 4.79 Å². The van der Waals surface area contributed by atoms with Crippen LogP contribution in [0.5, 0.6) is 0 Å². The van der Waals surface area contributed by atoms with Gasteiger partial charge in [-0.05, 0) is 87.9 Å². The van der Waals surface area contributed by atoms with Gasteiger partial charge in [0.2, 0.25) is 5.91 Å². The molecule has 1 atom stereocenters. The summed E-state index contributed by atoms with van der Waals surface area (Å²) in [5, 5.41) is 3.30. The second kappa shape index (κ2) is 12.2. The maximum Gasteiger partial charge on any atom is 0.227 e. The van der Waals surface area contributed by atoms with E-state index < -0.39 is 0 Å². The van der Waals surface area contributed by atoms with Crippen LogP contribution in [0.4, 0.5) is 0 Å². The fraction of sp³-hybridized carbons (Fsp3) is 0.759. The van der Waals surface area contributed by atoms with Crippen molar-refractivity contribution >= 4 is 5.91 Å². The molecule has 1 N–H and O–H groups in total. The lowest BCUT2D eigenvalue weighted by Crippen LogP contribution is -2.41. The highest BCUT2D eigenvalue weighted by atomic mass is 16.1. The summed E-state index contributed by atoms with van der Waals surface area (Å²) in [5.74, 6) is 0.812. The Hall–Kier alpha value is -1.35. The van der Waals surface area contributed by atoms with E-state index in [1.54, 1.807) is 0 Å². The normalized spacial score (nSPS) is 23.1. The summed E-state index contributed by atoms with van der Waals surface area (Å²) in [6.45, 7) is 4.71. The number of carbonyl (C=O) groups is 1. The molecule has 1 aromatic carbocycles. The first-order valence-corrected chi connectivity index (χ1v) is 13.8. The molecular formula is C29H46N2O. The van der Waals surface area contributed by atoms with Crippen molar-refractivity contribution in [3.05, 3.63) is 35.9 Å². The third-order valence-corrected chi connectivity index (χ3v) is 8.84. The average molecular weight is 439 g/mol. The van der Waals surface area contributed by atoms with Gasteiger partial charge in [0.15, 0.2) is 0 Å². The van der Waals surface area contributed by atoms with E-state index in [0.717, 1.165) is 13.0 Å². The van der Waals surface area contributed by atoms with E-state index in [1.165, 1.54) is 115 Å². The molecule has 0 unspecified atom stereocenters. The van der Waals surface area contributed by atoms with Crippen LogP contribution in [-0.2, 0) is 4.79 Å². The van der Waals surface area contributed by atoms with Crippen molar-refractivity contribution in [2.24, 2.45) is 11.3 Å². The number of likely N-dealkylation sites (tertiary alicyclic amines) is 1. The van der Waals surface area contributed by atoms with Crippen LogP contribution in [0.3, 0.4) is 0 Å². The fourth-order valence-electron chi connectivity index (χ4n) is 6.78. The summed E-state index contributed by atoms with van der Waals surface area (Å²) in [6.07, 6.45) is 20.1. The van der Waals surface area contributed by atoms with Crippen molar-refractivity contribution in [1.82, 2.24) is 10.2 Å². The lowest BCUT2D eigenvalue weighted by Gasteiger charge is -2.44. The summed E-state index contributed by atoms with van der Waals surface area (Å²) in [5.41, 5.74) is 1.92. The number of unbranched alkanes of at least 4 members (excludes halogenated alkanes) is 2. The Kier molecular flexibility index (Phi) is 9.08. The SMILES string of the molecule is O=C(NCCCCCN1CCC2(CCCCC2)CC1)[C@@H](c1ccccc1)C1CCCCC1. The van der Waals surface area contributed by atoms with Crippen LogP contribution in [0.1, 0.15) is 108 Å². The predicted molar refractivity (Wildman–Crippen MR) is 134 cm³/mol. The molecule has 2 aliphatic carbocycles. The molecular weight excluding hydrogens is 392 g/mol. The molecule has 3 heteroatoms. The van der Waals surface area contributed by atoms with Crippen molar-refractivity contribution in [1.29, 1.82) is 0 Å². The number of hydrogen-bond donors (Lipinski definition) is 1. The Morgan fingerprint density at radius 1 is 0.875 bits per heavy atom. The molecule has 1 heterocycles. The second-order valence-electron chi connectivity index (χ2n) is 11.0. The van der Waals surface area contributed by atoms with Gasteiger partial charge < -0.3 is 10.2 Å². The molecule has 1 amide bonds. The molecule has 1 spiro atoms. The molecule has 1 aliphatic heterocycles. The monoisotopic (exact) mass is 438 g/mol. The van der Waals surface area contributed by atoms with Crippen LogP contribution in [0.2, 0.25) is 0 Å². The van der Waals surface area contributed by atoms with Crippen LogP contribution in [0.25, 0.3) is 0 Å². The number of nitrogens with zero attached hydrogens (tertiary/aromatic N) is 1. The van der Waals surface area contributed by atoms with Gasteiger partial charge in [0.25, 0.3) is 0 Å².